The Morgan fingerprint density at radius 3 is 2.73 bits per heavy atom. The number of Topliss-reactive ketones (excluding diaryl/α,β-unsaturated/α-hetero) is 1. The maximum atomic E-state index is 11.6. The van der Waals surface area contributed by atoms with Crippen molar-refractivity contribution < 1.29 is 4.79 Å². The minimum Gasteiger partial charge on any atom is -0.299 e. The number of benzene rings is 1. The SMILES string of the molecule is CCC(C)C(=O)CCc1cccc(C)c1. The predicted molar refractivity (Wildman–Crippen MR) is 64.0 cm³/mol. The molecule has 0 aliphatic carbocycles. The Hall–Kier alpha value is -1.11. The van der Waals surface area contributed by atoms with E-state index in [9.17, 15) is 4.79 Å². The van der Waals surface area contributed by atoms with E-state index in [2.05, 4.69) is 38.1 Å². The number of rotatable bonds is 5. The third kappa shape index (κ3) is 3.86. The van der Waals surface area contributed by atoms with E-state index >= 15 is 0 Å². The van der Waals surface area contributed by atoms with Crippen LogP contribution >= 0.6 is 0 Å². The van der Waals surface area contributed by atoms with Crippen molar-refractivity contribution in [3.8, 4) is 0 Å². The molecule has 0 heterocycles. The molecule has 0 saturated heterocycles. The van der Waals surface area contributed by atoms with Gasteiger partial charge in [-0.1, -0.05) is 43.7 Å². The molecule has 0 aliphatic heterocycles. The molecule has 1 aromatic rings. The molecule has 15 heavy (non-hydrogen) atoms. The van der Waals surface area contributed by atoms with Crippen molar-refractivity contribution in [1.82, 2.24) is 0 Å². The van der Waals surface area contributed by atoms with Crippen LogP contribution in [0.4, 0.5) is 0 Å². The Kier molecular flexibility index (Phi) is 4.54. The summed E-state index contributed by atoms with van der Waals surface area (Å²) in [5.41, 5.74) is 2.54. The second kappa shape index (κ2) is 5.69. The van der Waals surface area contributed by atoms with Crippen LogP contribution in [0.5, 0.6) is 0 Å². The summed E-state index contributed by atoms with van der Waals surface area (Å²) in [4.78, 5) is 11.6. The summed E-state index contributed by atoms with van der Waals surface area (Å²) in [5, 5.41) is 0. The van der Waals surface area contributed by atoms with Crippen LogP contribution in [0.15, 0.2) is 24.3 Å². The number of aryl methyl sites for hydroxylation is 2. The third-order valence-corrected chi connectivity index (χ3v) is 2.90. The van der Waals surface area contributed by atoms with Gasteiger partial charge in [-0.25, -0.2) is 0 Å². The Morgan fingerprint density at radius 2 is 2.13 bits per heavy atom. The maximum absolute atomic E-state index is 11.6. The normalized spacial score (nSPS) is 12.5. The lowest BCUT2D eigenvalue weighted by atomic mass is 9.97. The predicted octanol–water partition coefficient (Wildman–Crippen LogP) is 3.54. The molecule has 0 aromatic heterocycles. The van der Waals surface area contributed by atoms with Crippen molar-refractivity contribution in [2.45, 2.75) is 40.0 Å². The zero-order valence-electron chi connectivity index (χ0n) is 9.92. The number of hydrogen-bond donors (Lipinski definition) is 0. The van der Waals surface area contributed by atoms with Crippen LogP contribution in [0.25, 0.3) is 0 Å². The summed E-state index contributed by atoms with van der Waals surface area (Å²) in [5.74, 6) is 0.605. The highest BCUT2D eigenvalue weighted by atomic mass is 16.1. The lowest BCUT2D eigenvalue weighted by molar-refractivity contribution is -0.122. The van der Waals surface area contributed by atoms with Gasteiger partial charge in [0.25, 0.3) is 0 Å². The molecule has 0 saturated carbocycles. The summed E-state index contributed by atoms with van der Waals surface area (Å²) < 4.78 is 0. The molecule has 0 spiro atoms. The van der Waals surface area contributed by atoms with E-state index in [-0.39, 0.29) is 5.92 Å². The number of carbonyl (C=O) groups excluding carboxylic acids is 1. The van der Waals surface area contributed by atoms with Crippen LogP contribution in [0.1, 0.15) is 37.8 Å². The van der Waals surface area contributed by atoms with Gasteiger partial charge >= 0.3 is 0 Å². The van der Waals surface area contributed by atoms with Gasteiger partial charge in [-0.15, -0.1) is 0 Å². The minimum absolute atomic E-state index is 0.217. The van der Waals surface area contributed by atoms with E-state index < -0.39 is 0 Å². The van der Waals surface area contributed by atoms with Crippen molar-refractivity contribution in [3.63, 3.8) is 0 Å². The van der Waals surface area contributed by atoms with E-state index in [1.807, 2.05) is 6.92 Å². The van der Waals surface area contributed by atoms with Gasteiger partial charge in [0.2, 0.25) is 0 Å². The first kappa shape index (κ1) is 12.0. The lowest BCUT2D eigenvalue weighted by Gasteiger charge is -2.07. The Bertz CT molecular complexity index is 328. The quantitative estimate of drug-likeness (QED) is 0.717. The highest BCUT2D eigenvalue weighted by Gasteiger charge is 2.09. The third-order valence-electron chi connectivity index (χ3n) is 2.90. The van der Waals surface area contributed by atoms with Gasteiger partial charge in [0.1, 0.15) is 5.78 Å². The average molecular weight is 204 g/mol. The fourth-order valence-electron chi connectivity index (χ4n) is 1.61. The summed E-state index contributed by atoms with van der Waals surface area (Å²) in [6.07, 6.45) is 2.51. The van der Waals surface area contributed by atoms with Gasteiger partial charge in [-0.05, 0) is 25.3 Å². The van der Waals surface area contributed by atoms with Crippen LogP contribution in [0.2, 0.25) is 0 Å². The minimum atomic E-state index is 0.217. The van der Waals surface area contributed by atoms with Crippen LogP contribution in [0, 0.1) is 12.8 Å². The molecule has 0 fully saturated rings. The van der Waals surface area contributed by atoms with Gasteiger partial charge in [-0.2, -0.15) is 0 Å². The molecule has 1 nitrogen and oxygen atoms in total. The Labute approximate surface area is 92.5 Å². The van der Waals surface area contributed by atoms with E-state index in [1.54, 1.807) is 0 Å². The number of carbonyl (C=O) groups is 1. The molecule has 0 N–H and O–H groups in total. The topological polar surface area (TPSA) is 17.1 Å². The van der Waals surface area contributed by atoms with Crippen molar-refractivity contribution in [3.05, 3.63) is 35.4 Å². The first-order valence-electron chi connectivity index (χ1n) is 5.71. The van der Waals surface area contributed by atoms with Gasteiger partial charge in [0, 0.05) is 12.3 Å². The summed E-state index contributed by atoms with van der Waals surface area (Å²) in [6, 6.07) is 8.39. The van der Waals surface area contributed by atoms with E-state index in [0.29, 0.717) is 12.2 Å². The molecule has 0 radical (unpaired) electrons. The second-order valence-electron chi connectivity index (χ2n) is 4.26. The molecule has 0 bridgehead atoms. The lowest BCUT2D eigenvalue weighted by Crippen LogP contribution is -2.10. The van der Waals surface area contributed by atoms with E-state index in [1.165, 1.54) is 11.1 Å². The molecule has 82 valence electrons. The molecule has 0 amide bonds. The van der Waals surface area contributed by atoms with Crippen LogP contribution < -0.4 is 0 Å². The van der Waals surface area contributed by atoms with Crippen LogP contribution in [-0.4, -0.2) is 5.78 Å². The van der Waals surface area contributed by atoms with Gasteiger partial charge in [-0.3, -0.25) is 4.79 Å². The Balaban J connectivity index is 2.47. The average Bonchev–Trinajstić information content (AvgIpc) is 2.25. The molecular formula is C14H20O. The molecule has 1 atom stereocenters. The van der Waals surface area contributed by atoms with Gasteiger partial charge < -0.3 is 0 Å². The van der Waals surface area contributed by atoms with Crippen molar-refractivity contribution >= 4 is 5.78 Å². The molecule has 0 aliphatic rings. The molecule has 1 rings (SSSR count). The van der Waals surface area contributed by atoms with E-state index in [4.69, 9.17) is 0 Å². The summed E-state index contributed by atoms with van der Waals surface area (Å²) >= 11 is 0. The molecule has 1 heteroatoms. The fraction of sp³-hybridized carbons (Fsp3) is 0.500. The maximum Gasteiger partial charge on any atom is 0.136 e. The molecule has 1 aromatic carbocycles. The first-order valence-corrected chi connectivity index (χ1v) is 5.71. The fourth-order valence-corrected chi connectivity index (χ4v) is 1.61. The monoisotopic (exact) mass is 204 g/mol. The molecule has 1 unspecified atom stereocenters. The number of ketones is 1. The van der Waals surface area contributed by atoms with Crippen LogP contribution in [0.3, 0.4) is 0 Å². The summed E-state index contributed by atoms with van der Waals surface area (Å²) in [6.45, 7) is 6.16. The van der Waals surface area contributed by atoms with Crippen molar-refractivity contribution in [2.24, 2.45) is 5.92 Å². The highest BCUT2D eigenvalue weighted by Crippen LogP contribution is 2.11. The van der Waals surface area contributed by atoms with Crippen molar-refractivity contribution in [1.29, 1.82) is 0 Å². The zero-order chi connectivity index (χ0) is 11.3. The largest absolute Gasteiger partial charge is 0.299 e. The van der Waals surface area contributed by atoms with Gasteiger partial charge in [0.15, 0.2) is 0 Å². The molecular weight excluding hydrogens is 184 g/mol. The zero-order valence-corrected chi connectivity index (χ0v) is 9.92. The standard InChI is InChI=1S/C14H20O/c1-4-12(3)14(15)9-8-13-7-5-6-11(2)10-13/h5-7,10,12H,4,8-9H2,1-3H3. The second-order valence-corrected chi connectivity index (χ2v) is 4.26. The van der Waals surface area contributed by atoms with E-state index in [0.717, 1.165) is 12.8 Å². The highest BCUT2D eigenvalue weighted by molar-refractivity contribution is 5.80. The number of hydrogen-bond acceptors (Lipinski definition) is 1. The van der Waals surface area contributed by atoms with Crippen molar-refractivity contribution in [2.75, 3.05) is 0 Å². The van der Waals surface area contributed by atoms with Gasteiger partial charge in [0.05, 0.1) is 0 Å². The first-order chi connectivity index (χ1) is 7.13. The Morgan fingerprint density at radius 1 is 1.40 bits per heavy atom. The smallest absolute Gasteiger partial charge is 0.136 e. The summed E-state index contributed by atoms with van der Waals surface area (Å²) in [7, 11) is 0. The van der Waals surface area contributed by atoms with Crippen LogP contribution in [-0.2, 0) is 11.2 Å².